The summed E-state index contributed by atoms with van der Waals surface area (Å²) in [6.07, 6.45) is 1.69. The number of furan rings is 1. The van der Waals surface area contributed by atoms with Gasteiger partial charge in [-0.15, -0.1) is 0 Å². The van der Waals surface area contributed by atoms with Crippen molar-refractivity contribution in [2.24, 2.45) is 0 Å². The molecule has 0 saturated heterocycles. The molecule has 0 bridgehead atoms. The standard InChI is InChI=1S/C14H15BrClNO/c1-9(12-6-5-11(15)8-13(12)16)17-10(2)14-4-3-7-18-14/h3-10,17H,1-2H3/t9?,10-/m1/s1. The predicted octanol–water partition coefficient (Wildman–Crippen LogP) is 5.11. The quantitative estimate of drug-likeness (QED) is 0.844. The molecule has 1 aromatic carbocycles. The maximum atomic E-state index is 6.24. The van der Waals surface area contributed by atoms with Crippen molar-refractivity contribution in [3.63, 3.8) is 0 Å². The van der Waals surface area contributed by atoms with Crippen molar-refractivity contribution >= 4 is 27.5 Å². The fourth-order valence-corrected chi connectivity index (χ4v) is 2.77. The number of nitrogens with one attached hydrogen (secondary N) is 1. The van der Waals surface area contributed by atoms with Gasteiger partial charge in [-0.3, -0.25) is 0 Å². The largest absolute Gasteiger partial charge is 0.468 e. The van der Waals surface area contributed by atoms with Crippen LogP contribution < -0.4 is 5.32 Å². The van der Waals surface area contributed by atoms with Crippen molar-refractivity contribution in [2.75, 3.05) is 0 Å². The van der Waals surface area contributed by atoms with E-state index in [-0.39, 0.29) is 12.1 Å². The van der Waals surface area contributed by atoms with Gasteiger partial charge in [0.15, 0.2) is 0 Å². The first-order valence-corrected chi connectivity index (χ1v) is 6.99. The minimum atomic E-state index is 0.148. The van der Waals surface area contributed by atoms with E-state index in [1.54, 1.807) is 6.26 Å². The van der Waals surface area contributed by atoms with E-state index in [2.05, 4.69) is 35.1 Å². The third kappa shape index (κ3) is 3.16. The Bertz CT molecular complexity index is 513. The highest BCUT2D eigenvalue weighted by Gasteiger charge is 2.15. The van der Waals surface area contributed by atoms with Crippen LogP contribution in [-0.2, 0) is 0 Å². The number of halogens is 2. The molecular weight excluding hydrogens is 314 g/mol. The lowest BCUT2D eigenvalue weighted by Crippen LogP contribution is -2.22. The van der Waals surface area contributed by atoms with Crippen LogP contribution in [0.15, 0.2) is 45.5 Å². The van der Waals surface area contributed by atoms with Crippen LogP contribution >= 0.6 is 27.5 Å². The van der Waals surface area contributed by atoms with Crippen molar-refractivity contribution in [1.82, 2.24) is 5.32 Å². The van der Waals surface area contributed by atoms with Gasteiger partial charge in [0, 0.05) is 15.5 Å². The lowest BCUT2D eigenvalue weighted by molar-refractivity contribution is 0.403. The Hall–Kier alpha value is -0.770. The van der Waals surface area contributed by atoms with Crippen molar-refractivity contribution in [3.8, 4) is 0 Å². The first kappa shape index (κ1) is 13.7. The van der Waals surface area contributed by atoms with Gasteiger partial charge in [0.05, 0.1) is 12.3 Å². The van der Waals surface area contributed by atoms with Gasteiger partial charge in [-0.25, -0.2) is 0 Å². The normalized spacial score (nSPS) is 14.4. The summed E-state index contributed by atoms with van der Waals surface area (Å²) < 4.78 is 6.37. The van der Waals surface area contributed by atoms with Gasteiger partial charge >= 0.3 is 0 Å². The Morgan fingerprint density at radius 1 is 1.22 bits per heavy atom. The molecule has 0 aliphatic carbocycles. The molecule has 96 valence electrons. The fraction of sp³-hybridized carbons (Fsp3) is 0.286. The van der Waals surface area contributed by atoms with E-state index < -0.39 is 0 Å². The number of hydrogen-bond acceptors (Lipinski definition) is 2. The van der Waals surface area contributed by atoms with Gasteiger partial charge < -0.3 is 9.73 Å². The molecule has 0 amide bonds. The van der Waals surface area contributed by atoms with Gasteiger partial charge in [-0.05, 0) is 43.7 Å². The van der Waals surface area contributed by atoms with Crippen molar-refractivity contribution in [2.45, 2.75) is 25.9 Å². The van der Waals surface area contributed by atoms with Crippen LogP contribution in [0.25, 0.3) is 0 Å². The summed E-state index contributed by atoms with van der Waals surface area (Å²) in [6, 6.07) is 10.1. The molecule has 18 heavy (non-hydrogen) atoms. The lowest BCUT2D eigenvalue weighted by atomic mass is 10.1. The third-order valence-electron chi connectivity index (χ3n) is 2.90. The molecule has 0 fully saturated rings. The van der Waals surface area contributed by atoms with E-state index in [1.807, 2.05) is 30.3 Å². The second-order valence-electron chi connectivity index (χ2n) is 4.29. The number of hydrogen-bond donors (Lipinski definition) is 1. The summed E-state index contributed by atoms with van der Waals surface area (Å²) in [5, 5.41) is 4.23. The maximum absolute atomic E-state index is 6.24. The first-order chi connectivity index (χ1) is 8.58. The molecule has 2 rings (SSSR count). The highest BCUT2D eigenvalue weighted by Crippen LogP contribution is 2.28. The topological polar surface area (TPSA) is 25.2 Å². The average molecular weight is 329 g/mol. The summed E-state index contributed by atoms with van der Waals surface area (Å²) in [5.74, 6) is 0.926. The summed E-state index contributed by atoms with van der Waals surface area (Å²) in [6.45, 7) is 4.16. The van der Waals surface area contributed by atoms with Crippen LogP contribution in [0.5, 0.6) is 0 Å². The van der Waals surface area contributed by atoms with E-state index in [4.69, 9.17) is 16.0 Å². The van der Waals surface area contributed by atoms with E-state index in [9.17, 15) is 0 Å². The Balaban J connectivity index is 2.10. The summed E-state index contributed by atoms with van der Waals surface area (Å²) in [4.78, 5) is 0. The minimum absolute atomic E-state index is 0.148. The molecule has 0 aliphatic rings. The van der Waals surface area contributed by atoms with Gasteiger partial charge in [-0.1, -0.05) is 33.6 Å². The molecule has 0 spiro atoms. The molecule has 1 N–H and O–H groups in total. The highest BCUT2D eigenvalue weighted by molar-refractivity contribution is 9.10. The van der Waals surface area contributed by atoms with Crippen LogP contribution in [0, 0.1) is 0 Å². The van der Waals surface area contributed by atoms with Crippen LogP contribution in [-0.4, -0.2) is 0 Å². The van der Waals surface area contributed by atoms with Crippen molar-refractivity contribution in [1.29, 1.82) is 0 Å². The summed E-state index contributed by atoms with van der Waals surface area (Å²) in [5.41, 5.74) is 1.08. The number of benzene rings is 1. The van der Waals surface area contributed by atoms with Gasteiger partial charge in [0.2, 0.25) is 0 Å². The van der Waals surface area contributed by atoms with E-state index in [0.29, 0.717) is 0 Å². The second kappa shape index (κ2) is 5.91. The second-order valence-corrected chi connectivity index (χ2v) is 5.61. The minimum Gasteiger partial charge on any atom is -0.468 e. The molecule has 0 aliphatic heterocycles. The highest BCUT2D eigenvalue weighted by atomic mass is 79.9. The molecular formula is C14H15BrClNO. The molecule has 1 aromatic heterocycles. The molecule has 2 atom stereocenters. The zero-order valence-electron chi connectivity index (χ0n) is 10.3. The fourth-order valence-electron chi connectivity index (χ4n) is 1.94. The molecule has 4 heteroatoms. The first-order valence-electron chi connectivity index (χ1n) is 5.82. The Kier molecular flexibility index (Phi) is 4.49. The molecule has 2 aromatic rings. The van der Waals surface area contributed by atoms with Gasteiger partial charge in [-0.2, -0.15) is 0 Å². The zero-order chi connectivity index (χ0) is 13.1. The Labute approximate surface area is 120 Å². The molecule has 1 heterocycles. The summed E-state index contributed by atoms with van der Waals surface area (Å²) >= 11 is 9.65. The molecule has 0 saturated carbocycles. The third-order valence-corrected chi connectivity index (χ3v) is 3.72. The van der Waals surface area contributed by atoms with E-state index >= 15 is 0 Å². The molecule has 0 radical (unpaired) electrons. The summed E-state index contributed by atoms with van der Waals surface area (Å²) in [7, 11) is 0. The maximum Gasteiger partial charge on any atom is 0.120 e. The van der Waals surface area contributed by atoms with E-state index in [0.717, 1.165) is 20.8 Å². The predicted molar refractivity (Wildman–Crippen MR) is 77.8 cm³/mol. The molecule has 2 nitrogen and oxygen atoms in total. The van der Waals surface area contributed by atoms with Gasteiger partial charge in [0.1, 0.15) is 5.76 Å². The van der Waals surface area contributed by atoms with Crippen LogP contribution in [0.1, 0.15) is 37.3 Å². The van der Waals surface area contributed by atoms with Crippen LogP contribution in [0.2, 0.25) is 5.02 Å². The monoisotopic (exact) mass is 327 g/mol. The smallest absolute Gasteiger partial charge is 0.120 e. The van der Waals surface area contributed by atoms with Crippen molar-refractivity contribution < 1.29 is 4.42 Å². The Morgan fingerprint density at radius 3 is 2.61 bits per heavy atom. The molecule has 1 unspecified atom stereocenters. The lowest BCUT2D eigenvalue weighted by Gasteiger charge is -2.20. The van der Waals surface area contributed by atoms with Crippen LogP contribution in [0.3, 0.4) is 0 Å². The number of rotatable bonds is 4. The van der Waals surface area contributed by atoms with E-state index in [1.165, 1.54) is 0 Å². The van der Waals surface area contributed by atoms with Gasteiger partial charge in [0.25, 0.3) is 0 Å². The van der Waals surface area contributed by atoms with Crippen LogP contribution in [0.4, 0.5) is 0 Å². The van der Waals surface area contributed by atoms with Crippen molar-refractivity contribution in [3.05, 3.63) is 57.4 Å². The SMILES string of the molecule is CC(N[C@H](C)c1ccco1)c1ccc(Br)cc1Cl. The Morgan fingerprint density at radius 2 is 2.00 bits per heavy atom. The average Bonchev–Trinajstić information content (AvgIpc) is 2.81. The zero-order valence-corrected chi connectivity index (χ0v) is 12.6.